The van der Waals surface area contributed by atoms with Gasteiger partial charge in [-0.3, -0.25) is 9.89 Å². The van der Waals surface area contributed by atoms with Crippen LogP contribution in [-0.4, -0.2) is 25.0 Å². The minimum atomic E-state index is -0.346. The maximum atomic E-state index is 11.6. The summed E-state index contributed by atoms with van der Waals surface area (Å²) in [6.45, 7) is 1.87. The molecule has 2 rings (SSSR count). The summed E-state index contributed by atoms with van der Waals surface area (Å²) in [7, 11) is 1.54. The number of nitrogens with zero attached hydrogens (tertiary/aromatic N) is 4. The summed E-state index contributed by atoms with van der Waals surface area (Å²) in [4.78, 5) is 15.6. The van der Waals surface area contributed by atoms with Crippen LogP contribution in [0.15, 0.2) is 17.3 Å². The predicted molar refractivity (Wildman–Crippen MR) is 62.9 cm³/mol. The number of anilines is 1. The molecule has 0 saturated carbocycles. The van der Waals surface area contributed by atoms with E-state index in [2.05, 4.69) is 25.6 Å². The standard InChI is InChI=1S/C9H11ClN6O/c1-5(8-11-4-12-15-8)14-6-3-13-16(2)9(17)7(6)10/h3-5,14H,1-2H3,(H,11,12,15). The molecule has 0 aliphatic heterocycles. The first-order valence-electron chi connectivity index (χ1n) is 4.93. The molecule has 0 bridgehead atoms. The van der Waals surface area contributed by atoms with Crippen LogP contribution in [-0.2, 0) is 7.05 Å². The number of hydrogen-bond donors (Lipinski definition) is 2. The van der Waals surface area contributed by atoms with Gasteiger partial charge in [0.1, 0.15) is 17.2 Å². The minimum Gasteiger partial charge on any atom is -0.373 e. The van der Waals surface area contributed by atoms with Crippen molar-refractivity contribution in [2.45, 2.75) is 13.0 Å². The van der Waals surface area contributed by atoms with Gasteiger partial charge in [-0.1, -0.05) is 11.6 Å². The highest BCUT2D eigenvalue weighted by Crippen LogP contribution is 2.20. The molecule has 2 N–H and O–H groups in total. The van der Waals surface area contributed by atoms with Gasteiger partial charge in [0.2, 0.25) is 0 Å². The van der Waals surface area contributed by atoms with Crippen LogP contribution in [0.1, 0.15) is 18.8 Å². The second-order valence-corrected chi connectivity index (χ2v) is 3.92. The molecule has 1 atom stereocenters. The third-order valence-electron chi connectivity index (χ3n) is 2.29. The molecular formula is C9H11ClN6O. The van der Waals surface area contributed by atoms with Crippen molar-refractivity contribution in [3.05, 3.63) is 33.7 Å². The van der Waals surface area contributed by atoms with Crippen LogP contribution in [0.4, 0.5) is 5.69 Å². The fourth-order valence-corrected chi connectivity index (χ4v) is 1.56. The van der Waals surface area contributed by atoms with Crippen molar-refractivity contribution in [1.29, 1.82) is 0 Å². The highest BCUT2D eigenvalue weighted by atomic mass is 35.5. The van der Waals surface area contributed by atoms with Gasteiger partial charge >= 0.3 is 0 Å². The van der Waals surface area contributed by atoms with E-state index < -0.39 is 0 Å². The molecular weight excluding hydrogens is 244 g/mol. The van der Waals surface area contributed by atoms with Gasteiger partial charge in [0.25, 0.3) is 5.56 Å². The topological polar surface area (TPSA) is 88.5 Å². The van der Waals surface area contributed by atoms with Gasteiger partial charge in [0.05, 0.1) is 17.9 Å². The summed E-state index contributed by atoms with van der Waals surface area (Å²) >= 11 is 5.92. The molecule has 1 unspecified atom stereocenters. The average molecular weight is 255 g/mol. The highest BCUT2D eigenvalue weighted by Gasteiger charge is 2.12. The molecule has 2 heterocycles. The molecule has 0 fully saturated rings. The Labute approximate surface area is 102 Å². The largest absolute Gasteiger partial charge is 0.373 e. The Balaban J connectivity index is 2.25. The highest BCUT2D eigenvalue weighted by molar-refractivity contribution is 6.32. The first-order valence-corrected chi connectivity index (χ1v) is 5.31. The van der Waals surface area contributed by atoms with E-state index in [1.54, 1.807) is 0 Å². The van der Waals surface area contributed by atoms with Crippen molar-refractivity contribution in [1.82, 2.24) is 25.0 Å². The van der Waals surface area contributed by atoms with Gasteiger partial charge in [-0.15, -0.1) is 0 Å². The van der Waals surface area contributed by atoms with Crippen LogP contribution in [0.25, 0.3) is 0 Å². The first-order chi connectivity index (χ1) is 8.09. The Hall–Kier alpha value is -1.89. The predicted octanol–water partition coefficient (Wildman–Crippen LogP) is 0.725. The lowest BCUT2D eigenvalue weighted by Gasteiger charge is -2.13. The zero-order chi connectivity index (χ0) is 12.4. The number of halogens is 1. The number of hydrogen-bond acceptors (Lipinski definition) is 5. The van der Waals surface area contributed by atoms with Gasteiger partial charge in [0.15, 0.2) is 0 Å². The molecule has 17 heavy (non-hydrogen) atoms. The van der Waals surface area contributed by atoms with Crippen LogP contribution in [0.3, 0.4) is 0 Å². The van der Waals surface area contributed by atoms with Crippen LogP contribution >= 0.6 is 11.6 Å². The summed E-state index contributed by atoms with van der Waals surface area (Å²) in [5.41, 5.74) is 0.125. The van der Waals surface area contributed by atoms with E-state index in [-0.39, 0.29) is 16.6 Å². The zero-order valence-electron chi connectivity index (χ0n) is 9.31. The molecule has 7 nitrogen and oxygen atoms in total. The van der Waals surface area contributed by atoms with Gasteiger partial charge in [-0.25, -0.2) is 9.67 Å². The molecule has 0 spiro atoms. The normalized spacial score (nSPS) is 12.4. The van der Waals surface area contributed by atoms with E-state index >= 15 is 0 Å². The minimum absolute atomic E-state index is 0.105. The number of H-pyrrole nitrogens is 1. The molecule has 0 amide bonds. The van der Waals surface area contributed by atoms with Crippen molar-refractivity contribution >= 4 is 17.3 Å². The quantitative estimate of drug-likeness (QED) is 0.843. The van der Waals surface area contributed by atoms with E-state index in [4.69, 9.17) is 11.6 Å². The molecule has 90 valence electrons. The molecule has 0 aliphatic rings. The maximum Gasteiger partial charge on any atom is 0.287 e. The lowest BCUT2D eigenvalue weighted by Crippen LogP contribution is -2.21. The lowest BCUT2D eigenvalue weighted by atomic mass is 10.3. The molecule has 2 aromatic rings. The van der Waals surface area contributed by atoms with Crippen molar-refractivity contribution in [3.63, 3.8) is 0 Å². The van der Waals surface area contributed by atoms with Gasteiger partial charge in [0, 0.05) is 7.05 Å². The fraction of sp³-hybridized carbons (Fsp3) is 0.333. The maximum absolute atomic E-state index is 11.6. The number of nitrogens with one attached hydrogen (secondary N) is 2. The molecule has 0 saturated heterocycles. The van der Waals surface area contributed by atoms with Crippen LogP contribution in [0.2, 0.25) is 5.02 Å². The van der Waals surface area contributed by atoms with Crippen LogP contribution in [0, 0.1) is 0 Å². The molecule has 0 radical (unpaired) electrons. The number of aromatic amines is 1. The van der Waals surface area contributed by atoms with E-state index in [1.807, 2.05) is 6.92 Å². The van der Waals surface area contributed by atoms with Crippen molar-refractivity contribution in [2.24, 2.45) is 7.05 Å². The van der Waals surface area contributed by atoms with Crippen molar-refractivity contribution in [3.8, 4) is 0 Å². The SMILES string of the molecule is CC(Nc1cnn(C)c(=O)c1Cl)c1ncn[nH]1. The average Bonchev–Trinajstić information content (AvgIpc) is 2.83. The summed E-state index contributed by atoms with van der Waals surface area (Å²) in [5, 5.41) is 13.5. The molecule has 0 aromatic carbocycles. The monoisotopic (exact) mass is 254 g/mol. The Kier molecular flexibility index (Phi) is 3.10. The Morgan fingerprint density at radius 2 is 2.35 bits per heavy atom. The van der Waals surface area contributed by atoms with Crippen LogP contribution < -0.4 is 10.9 Å². The summed E-state index contributed by atoms with van der Waals surface area (Å²) < 4.78 is 1.17. The number of aromatic nitrogens is 5. The van der Waals surface area contributed by atoms with E-state index in [0.29, 0.717) is 11.5 Å². The summed E-state index contributed by atoms with van der Waals surface area (Å²) in [5.74, 6) is 0.654. The van der Waals surface area contributed by atoms with Gasteiger partial charge in [-0.2, -0.15) is 10.2 Å². The van der Waals surface area contributed by atoms with Gasteiger partial charge < -0.3 is 5.32 Å². The third kappa shape index (κ3) is 2.28. The van der Waals surface area contributed by atoms with E-state index in [1.165, 1.54) is 24.3 Å². The Morgan fingerprint density at radius 3 is 3.00 bits per heavy atom. The number of rotatable bonds is 3. The fourth-order valence-electron chi connectivity index (χ4n) is 1.34. The van der Waals surface area contributed by atoms with Crippen molar-refractivity contribution < 1.29 is 0 Å². The second kappa shape index (κ2) is 4.54. The van der Waals surface area contributed by atoms with Crippen molar-refractivity contribution in [2.75, 3.05) is 5.32 Å². The number of aryl methyl sites for hydroxylation is 1. The van der Waals surface area contributed by atoms with E-state index in [9.17, 15) is 4.79 Å². The third-order valence-corrected chi connectivity index (χ3v) is 2.66. The Bertz CT molecular complexity index is 563. The summed E-state index contributed by atoms with van der Waals surface area (Å²) in [6, 6.07) is -0.149. The molecule has 0 aliphatic carbocycles. The Morgan fingerprint density at radius 1 is 1.59 bits per heavy atom. The van der Waals surface area contributed by atoms with Crippen LogP contribution in [0.5, 0.6) is 0 Å². The molecule has 2 aromatic heterocycles. The lowest BCUT2D eigenvalue weighted by molar-refractivity contribution is 0.704. The second-order valence-electron chi connectivity index (χ2n) is 3.54. The van der Waals surface area contributed by atoms with Gasteiger partial charge in [-0.05, 0) is 6.92 Å². The smallest absolute Gasteiger partial charge is 0.287 e. The first kappa shape index (κ1) is 11.6. The van der Waals surface area contributed by atoms with E-state index in [0.717, 1.165) is 0 Å². The zero-order valence-corrected chi connectivity index (χ0v) is 10.1. The molecule has 8 heteroatoms. The summed E-state index contributed by atoms with van der Waals surface area (Å²) in [6.07, 6.45) is 2.91.